The van der Waals surface area contributed by atoms with E-state index >= 15 is 0 Å². The van der Waals surface area contributed by atoms with Crippen LogP contribution in [0.2, 0.25) is 5.02 Å². The van der Waals surface area contributed by atoms with Gasteiger partial charge in [0.2, 0.25) is 15.9 Å². The van der Waals surface area contributed by atoms with Crippen molar-refractivity contribution in [2.24, 2.45) is 0 Å². The zero-order valence-electron chi connectivity index (χ0n) is 16.4. The summed E-state index contributed by atoms with van der Waals surface area (Å²) in [5, 5.41) is 3.07. The Balaban J connectivity index is 1.69. The highest BCUT2D eigenvalue weighted by Crippen LogP contribution is 2.32. The number of amides is 1. The number of carbonyl (C=O) groups excluding carboxylic acids is 1. The lowest BCUT2D eigenvalue weighted by Crippen LogP contribution is -2.40. The first-order valence-corrected chi connectivity index (χ1v) is 11.2. The quantitative estimate of drug-likeness (QED) is 0.571. The molecule has 0 saturated heterocycles. The molecule has 1 aromatic heterocycles. The number of carbonyl (C=O) groups is 1. The maximum atomic E-state index is 12.5. The Hall–Kier alpha value is -3.04. The number of anilines is 1. The van der Waals surface area contributed by atoms with Gasteiger partial charge in [0.25, 0.3) is 0 Å². The fourth-order valence-electron chi connectivity index (χ4n) is 2.82. The molecule has 1 heterocycles. The average Bonchev–Trinajstić information content (AvgIpc) is 3.25. The third-order valence-corrected chi connectivity index (χ3v) is 5.69. The predicted molar refractivity (Wildman–Crippen MR) is 116 cm³/mol. The number of ether oxygens (including phenoxy) is 1. The number of rotatable bonds is 8. The molecule has 0 aliphatic heterocycles. The second-order valence-corrected chi connectivity index (χ2v) is 8.84. The van der Waals surface area contributed by atoms with Crippen molar-refractivity contribution in [1.82, 2.24) is 14.9 Å². The Morgan fingerprint density at radius 2 is 1.97 bits per heavy atom. The molecule has 0 aliphatic rings. The van der Waals surface area contributed by atoms with Crippen molar-refractivity contribution in [1.29, 1.82) is 0 Å². The van der Waals surface area contributed by atoms with Crippen LogP contribution in [0.4, 0.5) is 5.69 Å². The third kappa shape index (κ3) is 5.31. The molecule has 30 heavy (non-hydrogen) atoms. The van der Waals surface area contributed by atoms with Gasteiger partial charge < -0.3 is 14.6 Å². The minimum absolute atomic E-state index is 0.201. The maximum absolute atomic E-state index is 12.5. The number of nitrogens with zero attached hydrogens (tertiary/aromatic N) is 3. The van der Waals surface area contributed by atoms with Crippen LogP contribution in [0.25, 0.3) is 5.69 Å². The number of halogens is 1. The van der Waals surface area contributed by atoms with E-state index in [1.54, 1.807) is 24.7 Å². The highest BCUT2D eigenvalue weighted by Gasteiger charge is 2.24. The summed E-state index contributed by atoms with van der Waals surface area (Å²) in [4.78, 5) is 16.5. The number of imidazole rings is 1. The third-order valence-electron chi connectivity index (χ3n) is 4.33. The van der Waals surface area contributed by atoms with Crippen LogP contribution in [-0.4, -0.2) is 43.8 Å². The molecule has 8 nitrogen and oxygen atoms in total. The standard InChI is InChI=1S/C20H21ClN4O4S/c1-29-19-8-5-16(21)11-18(19)25(30(2,27)28)13-20(26)23-12-15-3-6-17(7-4-15)24-10-9-22-14-24/h3-11,14H,12-13H2,1-2H3,(H,23,26). The number of sulfonamides is 1. The van der Waals surface area contributed by atoms with Gasteiger partial charge in [-0.2, -0.15) is 0 Å². The summed E-state index contributed by atoms with van der Waals surface area (Å²) in [6, 6.07) is 12.1. The molecule has 0 spiro atoms. The zero-order valence-corrected chi connectivity index (χ0v) is 18.0. The summed E-state index contributed by atoms with van der Waals surface area (Å²) in [6.07, 6.45) is 6.24. The second kappa shape index (κ2) is 9.19. The van der Waals surface area contributed by atoms with Crippen molar-refractivity contribution >= 4 is 33.2 Å². The minimum atomic E-state index is -3.75. The minimum Gasteiger partial charge on any atom is -0.495 e. The highest BCUT2D eigenvalue weighted by atomic mass is 35.5. The molecule has 0 bridgehead atoms. The smallest absolute Gasteiger partial charge is 0.241 e. The van der Waals surface area contributed by atoms with Crippen molar-refractivity contribution in [2.45, 2.75) is 6.54 Å². The van der Waals surface area contributed by atoms with Crippen LogP contribution >= 0.6 is 11.6 Å². The van der Waals surface area contributed by atoms with Crippen molar-refractivity contribution in [3.63, 3.8) is 0 Å². The molecule has 1 N–H and O–H groups in total. The molecule has 0 aliphatic carbocycles. The van der Waals surface area contributed by atoms with E-state index in [2.05, 4.69) is 10.3 Å². The van der Waals surface area contributed by atoms with Crippen LogP contribution < -0.4 is 14.4 Å². The molecule has 10 heteroatoms. The molecule has 0 saturated carbocycles. The van der Waals surface area contributed by atoms with E-state index in [0.717, 1.165) is 21.8 Å². The molecule has 3 rings (SSSR count). The largest absolute Gasteiger partial charge is 0.495 e. The molecule has 0 atom stereocenters. The Morgan fingerprint density at radius 1 is 1.23 bits per heavy atom. The summed E-state index contributed by atoms with van der Waals surface area (Å²) in [5.41, 5.74) is 2.02. The number of methoxy groups -OCH3 is 1. The first kappa shape index (κ1) is 21.7. The number of nitrogens with one attached hydrogen (secondary N) is 1. The first-order chi connectivity index (χ1) is 14.3. The van der Waals surface area contributed by atoms with E-state index in [0.29, 0.717) is 10.8 Å². The molecule has 158 valence electrons. The maximum Gasteiger partial charge on any atom is 0.241 e. The van der Waals surface area contributed by atoms with E-state index in [-0.39, 0.29) is 12.2 Å². The monoisotopic (exact) mass is 448 g/mol. The molecule has 1 amide bonds. The van der Waals surface area contributed by atoms with Crippen LogP contribution in [-0.2, 0) is 21.4 Å². The summed E-state index contributed by atoms with van der Waals surface area (Å²) in [6.45, 7) is -0.143. The van der Waals surface area contributed by atoms with Crippen molar-refractivity contribution in [3.05, 3.63) is 71.8 Å². The predicted octanol–water partition coefficient (Wildman–Crippen LogP) is 2.62. The lowest BCUT2D eigenvalue weighted by Gasteiger charge is -2.24. The van der Waals surface area contributed by atoms with Gasteiger partial charge in [-0.25, -0.2) is 13.4 Å². The first-order valence-electron chi connectivity index (χ1n) is 8.93. The molecular weight excluding hydrogens is 428 g/mol. The topological polar surface area (TPSA) is 93.5 Å². The van der Waals surface area contributed by atoms with Crippen LogP contribution in [0.1, 0.15) is 5.56 Å². The fraction of sp³-hybridized carbons (Fsp3) is 0.200. The number of aromatic nitrogens is 2. The van der Waals surface area contributed by atoms with Gasteiger partial charge in [-0.1, -0.05) is 23.7 Å². The molecular formula is C20H21ClN4O4S. The average molecular weight is 449 g/mol. The number of benzene rings is 2. The van der Waals surface area contributed by atoms with Crippen molar-refractivity contribution < 1.29 is 17.9 Å². The van der Waals surface area contributed by atoms with Gasteiger partial charge >= 0.3 is 0 Å². The van der Waals surface area contributed by atoms with Gasteiger partial charge in [0, 0.05) is 29.6 Å². The molecule has 0 fully saturated rings. The second-order valence-electron chi connectivity index (χ2n) is 6.50. The van der Waals surface area contributed by atoms with Crippen LogP contribution in [0.5, 0.6) is 5.75 Å². The van der Waals surface area contributed by atoms with Crippen molar-refractivity contribution in [3.8, 4) is 11.4 Å². The Labute approximate surface area is 180 Å². The normalized spacial score (nSPS) is 11.2. The van der Waals surface area contributed by atoms with Gasteiger partial charge in [0.1, 0.15) is 12.3 Å². The SMILES string of the molecule is COc1ccc(Cl)cc1N(CC(=O)NCc1ccc(-n2ccnc2)cc1)S(C)(=O)=O. The van der Waals surface area contributed by atoms with E-state index in [1.807, 2.05) is 35.0 Å². The zero-order chi connectivity index (χ0) is 21.7. The van der Waals surface area contributed by atoms with Crippen LogP contribution in [0.3, 0.4) is 0 Å². The molecule has 0 radical (unpaired) electrons. The van der Waals surface area contributed by atoms with Gasteiger partial charge in [0.15, 0.2) is 0 Å². The van der Waals surface area contributed by atoms with E-state index in [1.165, 1.54) is 13.2 Å². The Bertz CT molecular complexity index is 1120. The summed E-state index contributed by atoms with van der Waals surface area (Å²) < 4.78 is 32.7. The van der Waals surface area contributed by atoms with Gasteiger partial charge in [-0.05, 0) is 35.9 Å². The van der Waals surface area contributed by atoms with E-state index in [9.17, 15) is 13.2 Å². The van der Waals surface area contributed by atoms with Crippen LogP contribution in [0, 0.1) is 0 Å². The van der Waals surface area contributed by atoms with Crippen molar-refractivity contribution in [2.75, 3.05) is 24.2 Å². The lowest BCUT2D eigenvalue weighted by molar-refractivity contribution is -0.119. The lowest BCUT2D eigenvalue weighted by atomic mass is 10.2. The van der Waals surface area contributed by atoms with E-state index < -0.39 is 22.5 Å². The molecule has 2 aromatic carbocycles. The summed E-state index contributed by atoms with van der Waals surface area (Å²) >= 11 is 6.01. The fourth-order valence-corrected chi connectivity index (χ4v) is 3.84. The Morgan fingerprint density at radius 3 is 2.57 bits per heavy atom. The molecule has 3 aromatic rings. The molecule has 0 unspecified atom stereocenters. The van der Waals surface area contributed by atoms with Gasteiger partial charge in [-0.3, -0.25) is 9.10 Å². The Kier molecular flexibility index (Phi) is 6.63. The van der Waals surface area contributed by atoms with Gasteiger partial charge in [-0.15, -0.1) is 0 Å². The van der Waals surface area contributed by atoms with E-state index in [4.69, 9.17) is 16.3 Å². The van der Waals surface area contributed by atoms with Gasteiger partial charge in [0.05, 0.1) is 25.4 Å². The highest BCUT2D eigenvalue weighted by molar-refractivity contribution is 7.92. The summed E-state index contributed by atoms with van der Waals surface area (Å²) in [5.74, 6) is -0.158. The van der Waals surface area contributed by atoms with Crippen LogP contribution in [0.15, 0.2) is 61.2 Å². The number of hydrogen-bond acceptors (Lipinski definition) is 5. The summed E-state index contributed by atoms with van der Waals surface area (Å²) in [7, 11) is -2.33. The number of hydrogen-bond donors (Lipinski definition) is 1.